The number of amides is 2. The van der Waals surface area contributed by atoms with Crippen molar-refractivity contribution in [1.29, 1.82) is 0 Å². The third kappa shape index (κ3) is 5.24. The fraction of sp³-hybridized carbons (Fsp3) is 0.444. The lowest BCUT2D eigenvalue weighted by Crippen LogP contribution is -2.49. The van der Waals surface area contributed by atoms with Gasteiger partial charge in [-0.05, 0) is 55.9 Å². The molecule has 1 aliphatic rings. The molecule has 0 radical (unpaired) electrons. The van der Waals surface area contributed by atoms with Gasteiger partial charge in [-0.25, -0.2) is 9.67 Å². The molecule has 3 aromatic rings. The summed E-state index contributed by atoms with van der Waals surface area (Å²) in [5, 5.41) is 11.3. The van der Waals surface area contributed by atoms with E-state index in [-0.39, 0.29) is 23.8 Å². The molecule has 4 rings (SSSR count). The van der Waals surface area contributed by atoms with Gasteiger partial charge in [0.25, 0.3) is 0 Å². The van der Waals surface area contributed by atoms with Gasteiger partial charge in [0.1, 0.15) is 12.1 Å². The molecule has 9 heteroatoms. The summed E-state index contributed by atoms with van der Waals surface area (Å²) in [6.45, 7) is 8.32. The van der Waals surface area contributed by atoms with Crippen LogP contribution in [0.25, 0.3) is 11.1 Å². The Hall–Kier alpha value is -3.75. The number of pyridine rings is 1. The summed E-state index contributed by atoms with van der Waals surface area (Å²) in [4.78, 5) is 32.8. The van der Waals surface area contributed by atoms with Crippen molar-refractivity contribution in [1.82, 2.24) is 30.2 Å². The van der Waals surface area contributed by atoms with Gasteiger partial charge >= 0.3 is 0 Å². The maximum Gasteiger partial charge on any atom is 0.248 e. The van der Waals surface area contributed by atoms with Gasteiger partial charge in [-0.2, -0.15) is 0 Å². The number of carbonyl (C=O) groups excluding carboxylic acids is 2. The number of aromatic nitrogens is 4. The smallest absolute Gasteiger partial charge is 0.248 e. The highest BCUT2D eigenvalue weighted by molar-refractivity contribution is 5.90. The van der Waals surface area contributed by atoms with Crippen LogP contribution in [0.5, 0.6) is 5.88 Å². The van der Waals surface area contributed by atoms with Gasteiger partial charge in [0.15, 0.2) is 0 Å². The molecule has 9 nitrogen and oxygen atoms in total. The molecular formula is C27H34N6O3. The van der Waals surface area contributed by atoms with Crippen molar-refractivity contribution in [3.63, 3.8) is 0 Å². The molecule has 3 atom stereocenters. The Bertz CT molecular complexity index is 1210. The number of nitrogens with one attached hydrogen (secondary N) is 1. The number of hydrogen-bond acceptors (Lipinski definition) is 6. The number of rotatable bonds is 8. The van der Waals surface area contributed by atoms with Gasteiger partial charge in [0.05, 0.1) is 18.8 Å². The number of aryl methyl sites for hydroxylation is 1. The Morgan fingerprint density at radius 3 is 2.53 bits per heavy atom. The highest BCUT2D eigenvalue weighted by Crippen LogP contribution is 2.29. The fourth-order valence-electron chi connectivity index (χ4n) is 4.80. The van der Waals surface area contributed by atoms with Gasteiger partial charge < -0.3 is 15.0 Å². The predicted molar refractivity (Wildman–Crippen MR) is 136 cm³/mol. The van der Waals surface area contributed by atoms with Crippen molar-refractivity contribution in [3.8, 4) is 17.0 Å². The lowest BCUT2D eigenvalue weighted by molar-refractivity contribution is -0.142. The molecule has 0 unspecified atom stereocenters. The third-order valence-electron chi connectivity index (χ3n) is 6.68. The number of benzene rings is 1. The topological polar surface area (TPSA) is 102 Å². The third-order valence-corrected chi connectivity index (χ3v) is 6.68. The number of carbonyl (C=O) groups is 2. The lowest BCUT2D eigenvalue weighted by atomic mass is 10.0. The van der Waals surface area contributed by atoms with Crippen LogP contribution in [-0.2, 0) is 9.59 Å². The van der Waals surface area contributed by atoms with Crippen molar-refractivity contribution >= 4 is 11.8 Å². The van der Waals surface area contributed by atoms with E-state index in [0.29, 0.717) is 18.8 Å². The largest absolute Gasteiger partial charge is 0.481 e. The summed E-state index contributed by atoms with van der Waals surface area (Å²) < 4.78 is 6.99. The average Bonchev–Trinajstić information content (AvgIpc) is 3.53. The van der Waals surface area contributed by atoms with Crippen LogP contribution in [0.15, 0.2) is 48.8 Å². The summed E-state index contributed by atoms with van der Waals surface area (Å²) in [7, 11) is 1.60. The van der Waals surface area contributed by atoms with E-state index in [0.717, 1.165) is 28.8 Å². The van der Waals surface area contributed by atoms with E-state index in [1.54, 1.807) is 29.1 Å². The van der Waals surface area contributed by atoms with E-state index in [1.165, 1.54) is 0 Å². The molecule has 0 bridgehead atoms. The molecule has 2 amide bonds. The summed E-state index contributed by atoms with van der Waals surface area (Å²) in [5.74, 6) is 0.357. The van der Waals surface area contributed by atoms with Crippen molar-refractivity contribution in [2.24, 2.45) is 5.92 Å². The first-order valence-corrected chi connectivity index (χ1v) is 12.4. The Balaban J connectivity index is 1.45. The van der Waals surface area contributed by atoms with E-state index >= 15 is 0 Å². The first kappa shape index (κ1) is 25.3. The van der Waals surface area contributed by atoms with Crippen molar-refractivity contribution in [2.75, 3.05) is 13.7 Å². The molecule has 2 aromatic heterocycles. The Morgan fingerprint density at radius 2 is 1.89 bits per heavy atom. The van der Waals surface area contributed by atoms with E-state index in [9.17, 15) is 9.59 Å². The maximum atomic E-state index is 13.5. The molecule has 0 spiro atoms. The van der Waals surface area contributed by atoms with Crippen molar-refractivity contribution in [2.45, 2.75) is 58.7 Å². The molecule has 190 valence electrons. The van der Waals surface area contributed by atoms with Crippen LogP contribution in [0.3, 0.4) is 0 Å². The zero-order valence-corrected chi connectivity index (χ0v) is 21.5. The quantitative estimate of drug-likeness (QED) is 0.516. The SMILES string of the molecule is COc1ncccc1-c1ccc([C@H](C)NC(=O)[C@@H]2CCCN2C(=O)[C@H](C(C)C)n2cc(C)nn2)cc1. The molecule has 0 aliphatic carbocycles. The number of nitrogens with zero attached hydrogens (tertiary/aromatic N) is 5. The standard InChI is InChI=1S/C27H34N6O3/c1-17(2)24(33-16-18(3)30-31-33)27(35)32-15-7-9-23(32)25(34)29-19(4)20-10-12-21(13-11-20)22-8-6-14-28-26(22)36-5/h6,8,10-14,16-17,19,23-24H,7,9,15H2,1-5H3,(H,29,34)/t19-,23-,24-/m0/s1. The number of likely N-dealkylation sites (tertiary alicyclic amines) is 1. The van der Waals surface area contributed by atoms with Crippen LogP contribution in [-0.4, -0.2) is 56.4 Å². The van der Waals surface area contributed by atoms with Gasteiger partial charge in [-0.3, -0.25) is 9.59 Å². The average molecular weight is 491 g/mol. The van der Waals surface area contributed by atoms with Crippen LogP contribution in [0.1, 0.15) is 57.0 Å². The van der Waals surface area contributed by atoms with Gasteiger partial charge in [-0.1, -0.05) is 43.3 Å². The summed E-state index contributed by atoms with van der Waals surface area (Å²) >= 11 is 0. The summed E-state index contributed by atoms with van der Waals surface area (Å²) in [6, 6.07) is 10.6. The molecule has 1 saturated heterocycles. The molecule has 1 aliphatic heterocycles. The van der Waals surface area contributed by atoms with Gasteiger partial charge in [0.2, 0.25) is 17.7 Å². The minimum Gasteiger partial charge on any atom is -0.481 e. The van der Waals surface area contributed by atoms with Crippen LogP contribution in [0.2, 0.25) is 0 Å². The second-order valence-corrected chi connectivity index (χ2v) is 9.63. The number of hydrogen-bond donors (Lipinski definition) is 1. The van der Waals surface area contributed by atoms with E-state index in [4.69, 9.17) is 4.74 Å². The van der Waals surface area contributed by atoms with Crippen LogP contribution in [0.4, 0.5) is 0 Å². The second-order valence-electron chi connectivity index (χ2n) is 9.63. The predicted octanol–water partition coefficient (Wildman–Crippen LogP) is 3.72. The zero-order valence-electron chi connectivity index (χ0n) is 21.5. The first-order valence-electron chi connectivity index (χ1n) is 12.4. The minimum absolute atomic E-state index is 0.0128. The molecular weight excluding hydrogens is 456 g/mol. The first-order chi connectivity index (χ1) is 17.3. The molecule has 1 aromatic carbocycles. The second kappa shape index (κ2) is 10.9. The number of methoxy groups -OCH3 is 1. The lowest BCUT2D eigenvalue weighted by Gasteiger charge is -2.30. The molecule has 1 N–H and O–H groups in total. The monoisotopic (exact) mass is 490 g/mol. The van der Waals surface area contributed by atoms with Crippen molar-refractivity contribution in [3.05, 3.63) is 60.0 Å². The summed E-state index contributed by atoms with van der Waals surface area (Å²) in [5.41, 5.74) is 3.62. The Labute approximate surface area is 211 Å². The Kier molecular flexibility index (Phi) is 7.67. The van der Waals surface area contributed by atoms with Crippen LogP contribution < -0.4 is 10.1 Å². The molecule has 0 saturated carbocycles. The van der Waals surface area contributed by atoms with Gasteiger partial charge in [-0.15, -0.1) is 5.10 Å². The Morgan fingerprint density at radius 1 is 1.14 bits per heavy atom. The maximum absolute atomic E-state index is 13.5. The fourth-order valence-corrected chi connectivity index (χ4v) is 4.80. The van der Waals surface area contributed by atoms with Crippen LogP contribution >= 0.6 is 0 Å². The zero-order chi connectivity index (χ0) is 25.8. The highest BCUT2D eigenvalue weighted by atomic mass is 16.5. The molecule has 36 heavy (non-hydrogen) atoms. The molecule has 1 fully saturated rings. The van der Waals surface area contributed by atoms with E-state index in [1.807, 2.05) is 64.1 Å². The van der Waals surface area contributed by atoms with Crippen molar-refractivity contribution < 1.29 is 14.3 Å². The summed E-state index contributed by atoms with van der Waals surface area (Å²) in [6.07, 6.45) is 4.91. The van der Waals surface area contributed by atoms with Crippen LogP contribution in [0, 0.1) is 12.8 Å². The van der Waals surface area contributed by atoms with Gasteiger partial charge in [0, 0.05) is 24.5 Å². The minimum atomic E-state index is -0.496. The normalized spacial score (nSPS) is 17.2. The number of ether oxygens (including phenoxy) is 1. The van der Waals surface area contributed by atoms with E-state index in [2.05, 4.69) is 20.6 Å². The highest BCUT2D eigenvalue weighted by Gasteiger charge is 2.39. The van der Waals surface area contributed by atoms with E-state index < -0.39 is 12.1 Å². The molecule has 3 heterocycles.